The SMILES string of the molecule is CN1CCN(c2ncc(-c3cnc4ccc(C=O)nn34)cn2)CC1. The molecule has 1 aliphatic rings. The fraction of sp³-hybridized carbons (Fsp3) is 0.312. The van der Waals surface area contributed by atoms with Gasteiger partial charge in [0, 0.05) is 44.1 Å². The second-order valence-corrected chi connectivity index (χ2v) is 5.85. The second kappa shape index (κ2) is 5.97. The number of anilines is 1. The van der Waals surface area contributed by atoms with Gasteiger partial charge in [-0.2, -0.15) is 5.10 Å². The van der Waals surface area contributed by atoms with Gasteiger partial charge in [-0.1, -0.05) is 0 Å². The monoisotopic (exact) mass is 323 g/mol. The lowest BCUT2D eigenvalue weighted by Crippen LogP contribution is -2.45. The van der Waals surface area contributed by atoms with Crippen molar-refractivity contribution in [2.24, 2.45) is 0 Å². The van der Waals surface area contributed by atoms with Crippen LogP contribution in [0.25, 0.3) is 16.9 Å². The van der Waals surface area contributed by atoms with Gasteiger partial charge in [0.15, 0.2) is 11.9 Å². The van der Waals surface area contributed by atoms with Crippen LogP contribution in [0, 0.1) is 0 Å². The highest BCUT2D eigenvalue weighted by atomic mass is 16.1. The second-order valence-electron chi connectivity index (χ2n) is 5.85. The lowest BCUT2D eigenvalue weighted by atomic mass is 10.2. The number of rotatable bonds is 3. The molecular weight excluding hydrogens is 306 g/mol. The molecule has 4 rings (SSSR count). The maximum Gasteiger partial charge on any atom is 0.225 e. The van der Waals surface area contributed by atoms with Crippen LogP contribution in [0.4, 0.5) is 5.95 Å². The third kappa shape index (κ3) is 2.61. The molecule has 1 fully saturated rings. The topological polar surface area (TPSA) is 79.5 Å². The normalized spacial score (nSPS) is 15.8. The first kappa shape index (κ1) is 14.7. The zero-order valence-electron chi connectivity index (χ0n) is 13.3. The fourth-order valence-electron chi connectivity index (χ4n) is 2.77. The van der Waals surface area contributed by atoms with E-state index in [-0.39, 0.29) is 0 Å². The zero-order valence-corrected chi connectivity index (χ0v) is 13.3. The van der Waals surface area contributed by atoms with Gasteiger partial charge in [0.1, 0.15) is 5.69 Å². The van der Waals surface area contributed by atoms with Crippen LogP contribution in [0.5, 0.6) is 0 Å². The Kier molecular flexibility index (Phi) is 3.66. The van der Waals surface area contributed by atoms with Gasteiger partial charge in [-0.25, -0.2) is 19.5 Å². The molecule has 3 aromatic rings. The van der Waals surface area contributed by atoms with Crippen molar-refractivity contribution in [2.75, 3.05) is 38.1 Å². The summed E-state index contributed by atoms with van der Waals surface area (Å²) < 4.78 is 1.64. The quantitative estimate of drug-likeness (QED) is 0.658. The minimum atomic E-state index is 0.358. The highest BCUT2D eigenvalue weighted by Gasteiger charge is 2.17. The molecule has 122 valence electrons. The van der Waals surface area contributed by atoms with Gasteiger partial charge in [0.2, 0.25) is 5.95 Å². The van der Waals surface area contributed by atoms with E-state index in [1.807, 2.05) is 0 Å². The van der Waals surface area contributed by atoms with Crippen LogP contribution in [0.1, 0.15) is 10.5 Å². The summed E-state index contributed by atoms with van der Waals surface area (Å²) in [6.07, 6.45) is 5.99. The van der Waals surface area contributed by atoms with E-state index in [1.54, 1.807) is 35.2 Å². The zero-order chi connectivity index (χ0) is 16.5. The van der Waals surface area contributed by atoms with Crippen molar-refractivity contribution in [3.8, 4) is 11.3 Å². The van der Waals surface area contributed by atoms with Crippen LogP contribution < -0.4 is 4.90 Å². The number of piperazine rings is 1. The van der Waals surface area contributed by atoms with Crippen LogP contribution in [0.3, 0.4) is 0 Å². The molecule has 0 aromatic carbocycles. The van der Waals surface area contributed by atoms with Crippen molar-refractivity contribution in [1.82, 2.24) is 29.5 Å². The molecule has 0 bridgehead atoms. The van der Waals surface area contributed by atoms with E-state index in [9.17, 15) is 4.79 Å². The molecule has 8 heteroatoms. The van der Waals surface area contributed by atoms with Gasteiger partial charge >= 0.3 is 0 Å². The molecule has 4 heterocycles. The summed E-state index contributed by atoms with van der Waals surface area (Å²) in [5, 5.41) is 4.27. The average Bonchev–Trinajstić information content (AvgIpc) is 3.05. The Hall–Kier alpha value is -2.87. The Morgan fingerprint density at radius 2 is 1.75 bits per heavy atom. The third-order valence-electron chi connectivity index (χ3n) is 4.22. The van der Waals surface area contributed by atoms with Crippen LogP contribution >= 0.6 is 0 Å². The van der Waals surface area contributed by atoms with E-state index in [0.29, 0.717) is 11.3 Å². The first-order valence-corrected chi connectivity index (χ1v) is 7.80. The van der Waals surface area contributed by atoms with Crippen LogP contribution in [-0.4, -0.2) is 69.0 Å². The summed E-state index contributed by atoms with van der Waals surface area (Å²) in [5.41, 5.74) is 2.62. The number of hydrogen-bond acceptors (Lipinski definition) is 7. The molecular formula is C16H17N7O. The fourth-order valence-corrected chi connectivity index (χ4v) is 2.77. The van der Waals surface area contributed by atoms with Gasteiger partial charge in [0.25, 0.3) is 0 Å². The minimum Gasteiger partial charge on any atom is -0.338 e. The van der Waals surface area contributed by atoms with Gasteiger partial charge in [-0.3, -0.25) is 4.79 Å². The Balaban J connectivity index is 1.64. The number of aromatic nitrogens is 5. The summed E-state index contributed by atoms with van der Waals surface area (Å²) in [6.45, 7) is 3.87. The standard InChI is InChI=1S/C16H17N7O/c1-21-4-6-22(7-5-21)16-18-8-12(9-19-16)14-10-17-15-3-2-13(11-24)20-23(14)15/h2-3,8-11H,4-7H2,1H3. The number of carbonyl (C=O) groups is 1. The number of nitrogens with zero attached hydrogens (tertiary/aromatic N) is 7. The third-order valence-corrected chi connectivity index (χ3v) is 4.22. The van der Waals surface area contributed by atoms with Gasteiger partial charge in [-0.05, 0) is 19.2 Å². The number of likely N-dealkylation sites (N-methyl/N-ethyl adjacent to an activating group) is 1. The molecule has 8 nitrogen and oxygen atoms in total. The number of hydrogen-bond donors (Lipinski definition) is 0. The molecule has 24 heavy (non-hydrogen) atoms. The Bertz CT molecular complexity index is 866. The van der Waals surface area contributed by atoms with E-state index in [0.717, 1.165) is 49.7 Å². The first-order chi connectivity index (χ1) is 11.7. The molecule has 0 spiro atoms. The van der Waals surface area contributed by atoms with E-state index < -0.39 is 0 Å². The lowest BCUT2D eigenvalue weighted by molar-refractivity contribution is 0.111. The minimum absolute atomic E-state index is 0.358. The number of imidazole rings is 1. The van der Waals surface area contributed by atoms with E-state index in [2.05, 4.69) is 36.9 Å². The molecule has 0 N–H and O–H groups in total. The summed E-state index contributed by atoms with van der Waals surface area (Å²) in [5.74, 6) is 0.738. The number of carbonyl (C=O) groups excluding carboxylic acids is 1. The van der Waals surface area contributed by atoms with Crippen LogP contribution in [-0.2, 0) is 0 Å². The molecule has 0 aliphatic carbocycles. The van der Waals surface area contributed by atoms with Crippen molar-refractivity contribution in [2.45, 2.75) is 0 Å². The van der Waals surface area contributed by atoms with Gasteiger partial charge < -0.3 is 9.80 Å². The highest BCUT2D eigenvalue weighted by Crippen LogP contribution is 2.20. The Morgan fingerprint density at radius 1 is 1.00 bits per heavy atom. The molecule has 0 radical (unpaired) electrons. The largest absolute Gasteiger partial charge is 0.338 e. The maximum absolute atomic E-state index is 10.9. The van der Waals surface area contributed by atoms with Crippen molar-refractivity contribution in [1.29, 1.82) is 0 Å². The lowest BCUT2D eigenvalue weighted by Gasteiger charge is -2.32. The van der Waals surface area contributed by atoms with Crippen molar-refractivity contribution in [3.05, 3.63) is 36.4 Å². The molecule has 1 saturated heterocycles. The Morgan fingerprint density at radius 3 is 2.46 bits per heavy atom. The van der Waals surface area contributed by atoms with Crippen molar-refractivity contribution < 1.29 is 4.79 Å². The molecule has 0 unspecified atom stereocenters. The van der Waals surface area contributed by atoms with Crippen LogP contribution in [0.15, 0.2) is 30.7 Å². The summed E-state index contributed by atoms with van der Waals surface area (Å²) in [7, 11) is 2.12. The predicted molar refractivity (Wildman–Crippen MR) is 89.1 cm³/mol. The van der Waals surface area contributed by atoms with Crippen molar-refractivity contribution >= 4 is 17.9 Å². The number of aldehydes is 1. The highest BCUT2D eigenvalue weighted by molar-refractivity contribution is 5.72. The molecule has 1 aliphatic heterocycles. The molecule has 0 saturated carbocycles. The maximum atomic E-state index is 10.9. The summed E-state index contributed by atoms with van der Waals surface area (Å²) >= 11 is 0. The number of fused-ring (bicyclic) bond motifs is 1. The van der Waals surface area contributed by atoms with E-state index >= 15 is 0 Å². The smallest absolute Gasteiger partial charge is 0.225 e. The predicted octanol–water partition coefficient (Wildman–Crippen LogP) is 0.751. The van der Waals surface area contributed by atoms with Gasteiger partial charge in [0.05, 0.1) is 11.9 Å². The van der Waals surface area contributed by atoms with Gasteiger partial charge in [-0.15, -0.1) is 0 Å². The average molecular weight is 323 g/mol. The van der Waals surface area contributed by atoms with Crippen molar-refractivity contribution in [3.63, 3.8) is 0 Å². The Labute approximate surface area is 138 Å². The first-order valence-electron chi connectivity index (χ1n) is 7.80. The van der Waals surface area contributed by atoms with Crippen LogP contribution in [0.2, 0.25) is 0 Å². The van der Waals surface area contributed by atoms with E-state index in [1.165, 1.54) is 0 Å². The summed E-state index contributed by atoms with van der Waals surface area (Å²) in [6, 6.07) is 3.41. The molecule has 3 aromatic heterocycles. The van der Waals surface area contributed by atoms with E-state index in [4.69, 9.17) is 0 Å². The summed E-state index contributed by atoms with van der Waals surface area (Å²) in [4.78, 5) is 28.7. The molecule has 0 amide bonds. The molecule has 0 atom stereocenters.